The Morgan fingerprint density at radius 2 is 1.88 bits per heavy atom. The topological polar surface area (TPSA) is 99.4 Å². The van der Waals surface area contributed by atoms with Crippen molar-refractivity contribution in [2.45, 2.75) is 20.1 Å². The molecule has 0 saturated carbocycles. The first kappa shape index (κ1) is 26.1. The van der Waals surface area contributed by atoms with E-state index in [9.17, 15) is 14.0 Å². The molecule has 8 nitrogen and oxygen atoms in total. The molecule has 1 fully saturated rings. The molecule has 1 saturated heterocycles. The van der Waals surface area contributed by atoms with Crippen LogP contribution in [0.1, 0.15) is 36.7 Å². The van der Waals surface area contributed by atoms with E-state index in [4.69, 9.17) is 4.74 Å². The zero-order chi connectivity index (χ0) is 27.6. The van der Waals surface area contributed by atoms with Gasteiger partial charge in [0.2, 0.25) is 0 Å². The van der Waals surface area contributed by atoms with Crippen molar-refractivity contribution >= 4 is 55.6 Å². The summed E-state index contributed by atoms with van der Waals surface area (Å²) in [6.45, 7) is 4.89. The maximum Gasteiger partial charge on any atom is 0.265 e. The standard InChI is InChI=1S/C30H28FN5O3S/c1-18-2-3-21(29(37)34-23-11-19(15-31)10-20(12-23)17-36-6-8-39-9-7-36)13-25(18)35-30(38)26-14-22-16-33-28-24(4-5-32-28)27(22)40-26/h2-5,10-14,16H,6-9,15,17H2,1H3,(H,32,33)(H,34,37)(H,35,38). The number of halogens is 1. The van der Waals surface area contributed by atoms with Gasteiger partial charge in [0.1, 0.15) is 12.3 Å². The number of morpholine rings is 1. The summed E-state index contributed by atoms with van der Waals surface area (Å²) in [6.07, 6.45) is 3.58. The minimum Gasteiger partial charge on any atom is -0.379 e. The second-order valence-corrected chi connectivity index (χ2v) is 10.9. The molecule has 3 aromatic heterocycles. The molecule has 10 heteroatoms. The van der Waals surface area contributed by atoms with E-state index < -0.39 is 6.67 Å². The number of ether oxygens (including phenoxy) is 1. The van der Waals surface area contributed by atoms with Crippen LogP contribution in [0.3, 0.4) is 0 Å². The number of benzene rings is 2. The highest BCUT2D eigenvalue weighted by Crippen LogP contribution is 2.32. The smallest absolute Gasteiger partial charge is 0.265 e. The Morgan fingerprint density at radius 3 is 2.70 bits per heavy atom. The number of H-pyrrole nitrogens is 1. The number of carbonyl (C=O) groups is 2. The van der Waals surface area contributed by atoms with Crippen molar-refractivity contribution in [2.24, 2.45) is 0 Å². The number of nitrogens with zero attached hydrogens (tertiary/aromatic N) is 2. The lowest BCUT2D eigenvalue weighted by molar-refractivity contribution is 0.0342. The summed E-state index contributed by atoms with van der Waals surface area (Å²) < 4.78 is 20.0. The summed E-state index contributed by atoms with van der Waals surface area (Å²) in [6, 6.07) is 14.3. The molecule has 0 unspecified atom stereocenters. The molecule has 5 aromatic rings. The minimum atomic E-state index is -0.621. The van der Waals surface area contributed by atoms with Crippen LogP contribution in [0.5, 0.6) is 0 Å². The number of anilines is 2. The van der Waals surface area contributed by atoms with Gasteiger partial charge >= 0.3 is 0 Å². The highest BCUT2D eigenvalue weighted by atomic mass is 32.1. The molecule has 0 spiro atoms. The first-order valence-electron chi connectivity index (χ1n) is 13.0. The van der Waals surface area contributed by atoms with Crippen LogP contribution in [0.15, 0.2) is 60.9 Å². The van der Waals surface area contributed by atoms with Gasteiger partial charge in [-0.05, 0) is 60.0 Å². The van der Waals surface area contributed by atoms with E-state index >= 15 is 0 Å². The Bertz CT molecular complexity index is 1720. The van der Waals surface area contributed by atoms with Gasteiger partial charge in [0, 0.05) is 64.4 Å². The molecule has 2 amide bonds. The van der Waals surface area contributed by atoms with Gasteiger partial charge in [-0.1, -0.05) is 12.1 Å². The number of alkyl halides is 1. The highest BCUT2D eigenvalue weighted by Gasteiger charge is 2.17. The first-order valence-corrected chi connectivity index (χ1v) is 13.9. The lowest BCUT2D eigenvalue weighted by atomic mass is 10.1. The monoisotopic (exact) mass is 557 g/mol. The second kappa shape index (κ2) is 11.2. The van der Waals surface area contributed by atoms with Gasteiger partial charge in [0.15, 0.2) is 0 Å². The largest absolute Gasteiger partial charge is 0.379 e. The van der Waals surface area contributed by atoms with Crippen LogP contribution in [0, 0.1) is 6.92 Å². The molecular formula is C30H28FN5O3S. The maximum absolute atomic E-state index is 13.6. The van der Waals surface area contributed by atoms with E-state index in [-0.39, 0.29) is 11.8 Å². The van der Waals surface area contributed by atoms with E-state index in [2.05, 4.69) is 25.5 Å². The van der Waals surface area contributed by atoms with Gasteiger partial charge < -0.3 is 20.4 Å². The number of pyridine rings is 1. The molecule has 1 aliphatic rings. The molecule has 0 atom stereocenters. The predicted molar refractivity (Wildman–Crippen MR) is 156 cm³/mol. The van der Waals surface area contributed by atoms with Crippen LogP contribution in [0.2, 0.25) is 0 Å². The van der Waals surface area contributed by atoms with E-state index in [0.29, 0.717) is 47.1 Å². The first-order chi connectivity index (χ1) is 19.5. The van der Waals surface area contributed by atoms with Gasteiger partial charge in [-0.25, -0.2) is 9.37 Å². The van der Waals surface area contributed by atoms with Crippen molar-refractivity contribution < 1.29 is 18.7 Å². The third-order valence-electron chi connectivity index (χ3n) is 7.01. The summed E-state index contributed by atoms with van der Waals surface area (Å²) in [5.41, 5.74) is 4.51. The molecule has 0 radical (unpaired) electrons. The minimum absolute atomic E-state index is 0.256. The Kier molecular flexibility index (Phi) is 7.29. The maximum atomic E-state index is 13.6. The van der Waals surface area contributed by atoms with Gasteiger partial charge in [-0.3, -0.25) is 14.5 Å². The SMILES string of the molecule is Cc1ccc(C(=O)Nc2cc(CF)cc(CN3CCOCC3)c2)cc1NC(=O)c1cc2cnc3[nH]ccc3c2s1. The summed E-state index contributed by atoms with van der Waals surface area (Å²) in [5, 5.41) is 7.74. The van der Waals surface area contributed by atoms with Gasteiger partial charge in [-0.2, -0.15) is 0 Å². The molecule has 4 heterocycles. The molecule has 40 heavy (non-hydrogen) atoms. The Labute approximate surface area is 234 Å². The van der Waals surface area contributed by atoms with Crippen molar-refractivity contribution in [3.8, 4) is 0 Å². The van der Waals surface area contributed by atoms with Gasteiger partial charge in [0.25, 0.3) is 11.8 Å². The van der Waals surface area contributed by atoms with E-state index in [0.717, 1.165) is 45.3 Å². The fourth-order valence-corrected chi connectivity index (χ4v) is 5.97. The number of rotatable bonds is 7. The summed E-state index contributed by atoms with van der Waals surface area (Å²) in [4.78, 5) is 36.7. The normalized spacial score (nSPS) is 14.1. The summed E-state index contributed by atoms with van der Waals surface area (Å²) in [7, 11) is 0. The van der Waals surface area contributed by atoms with E-state index in [1.807, 2.05) is 37.4 Å². The van der Waals surface area contributed by atoms with Gasteiger partial charge in [-0.15, -0.1) is 11.3 Å². The Balaban J connectivity index is 1.19. The Morgan fingerprint density at radius 1 is 1.05 bits per heavy atom. The lowest BCUT2D eigenvalue weighted by Gasteiger charge is -2.26. The number of amides is 2. The lowest BCUT2D eigenvalue weighted by Crippen LogP contribution is -2.35. The van der Waals surface area contributed by atoms with Crippen molar-refractivity contribution in [1.29, 1.82) is 0 Å². The third-order valence-corrected chi connectivity index (χ3v) is 8.19. The van der Waals surface area contributed by atoms with Crippen molar-refractivity contribution in [3.05, 3.63) is 88.1 Å². The Hall–Kier alpha value is -4.12. The zero-order valence-electron chi connectivity index (χ0n) is 21.9. The van der Waals surface area contributed by atoms with Crippen molar-refractivity contribution in [3.63, 3.8) is 0 Å². The van der Waals surface area contributed by atoms with E-state index in [1.165, 1.54) is 11.3 Å². The summed E-state index contributed by atoms with van der Waals surface area (Å²) >= 11 is 1.40. The van der Waals surface area contributed by atoms with E-state index in [1.54, 1.807) is 30.5 Å². The molecule has 6 rings (SSSR count). The molecule has 0 bridgehead atoms. The number of thiophene rings is 1. The van der Waals surface area contributed by atoms with Crippen molar-refractivity contribution in [2.75, 3.05) is 36.9 Å². The number of hydrogen-bond acceptors (Lipinski definition) is 6. The molecule has 2 aromatic carbocycles. The molecule has 204 valence electrons. The van der Waals surface area contributed by atoms with Crippen LogP contribution in [0.25, 0.3) is 21.1 Å². The average molecular weight is 558 g/mol. The average Bonchev–Trinajstić information content (AvgIpc) is 3.62. The number of aryl methyl sites for hydroxylation is 1. The van der Waals surface area contributed by atoms with Crippen molar-refractivity contribution in [1.82, 2.24) is 14.9 Å². The number of fused-ring (bicyclic) bond motifs is 3. The number of aromatic nitrogens is 2. The molecule has 1 aliphatic heterocycles. The number of nitrogens with one attached hydrogen (secondary N) is 3. The zero-order valence-corrected chi connectivity index (χ0v) is 22.7. The second-order valence-electron chi connectivity index (χ2n) is 9.89. The summed E-state index contributed by atoms with van der Waals surface area (Å²) in [5.74, 6) is -0.597. The van der Waals surface area contributed by atoms with Crippen LogP contribution < -0.4 is 10.6 Å². The number of carbonyl (C=O) groups excluding carboxylic acids is 2. The van der Waals surface area contributed by atoms with Crippen LogP contribution in [-0.4, -0.2) is 53.0 Å². The fourth-order valence-electron chi connectivity index (χ4n) is 4.91. The molecular weight excluding hydrogens is 529 g/mol. The quantitative estimate of drug-likeness (QED) is 0.232. The van der Waals surface area contributed by atoms with Gasteiger partial charge in [0.05, 0.1) is 18.1 Å². The predicted octanol–water partition coefficient (Wildman–Crippen LogP) is 5.89. The number of aromatic amines is 1. The van der Waals surface area contributed by atoms with Crippen LogP contribution in [0.4, 0.5) is 15.8 Å². The number of hydrogen-bond donors (Lipinski definition) is 3. The third kappa shape index (κ3) is 5.46. The highest BCUT2D eigenvalue weighted by molar-refractivity contribution is 7.21. The van der Waals surface area contributed by atoms with Crippen LogP contribution in [-0.2, 0) is 18.0 Å². The fraction of sp³-hybridized carbons (Fsp3) is 0.233. The van der Waals surface area contributed by atoms with Crippen LogP contribution >= 0.6 is 11.3 Å². The molecule has 0 aliphatic carbocycles. The molecule has 3 N–H and O–H groups in total.